The summed E-state index contributed by atoms with van der Waals surface area (Å²) in [5.41, 5.74) is 0. The zero-order valence-corrected chi connectivity index (χ0v) is 9.33. The number of rotatable bonds is 3. The van der Waals surface area contributed by atoms with Crippen LogP contribution >= 0.6 is 11.3 Å². The summed E-state index contributed by atoms with van der Waals surface area (Å²) in [6.07, 6.45) is 0.436. The van der Waals surface area contributed by atoms with Crippen LogP contribution in [0.4, 0.5) is 10.1 Å². The molecule has 1 aliphatic heterocycles. The third-order valence-electron chi connectivity index (χ3n) is 2.47. The highest BCUT2D eigenvalue weighted by molar-refractivity contribution is 7.18. The van der Waals surface area contributed by atoms with Crippen molar-refractivity contribution < 1.29 is 19.9 Å². The van der Waals surface area contributed by atoms with E-state index in [4.69, 9.17) is 5.11 Å². The van der Waals surface area contributed by atoms with Crippen LogP contribution in [0.25, 0.3) is 0 Å². The summed E-state index contributed by atoms with van der Waals surface area (Å²) in [4.78, 5) is 26.1. The summed E-state index contributed by atoms with van der Waals surface area (Å²) in [6, 6.07) is -0.879. The van der Waals surface area contributed by atoms with E-state index in [2.05, 4.69) is 4.98 Å². The fourth-order valence-electron chi connectivity index (χ4n) is 1.73. The molecular weight excluding hydrogens is 250 g/mol. The Balaban J connectivity index is 2.25. The summed E-state index contributed by atoms with van der Waals surface area (Å²) >= 11 is 0.803. The number of anilines is 1. The van der Waals surface area contributed by atoms with E-state index in [-0.39, 0.29) is 23.1 Å². The van der Waals surface area contributed by atoms with Crippen LogP contribution in [-0.4, -0.2) is 44.8 Å². The SMILES string of the molecule is O=C(O)C1CC(O)CN1c1ncc([N+](=O)[O-])s1. The second-order valence-electron chi connectivity index (χ2n) is 3.63. The molecule has 1 aromatic heterocycles. The predicted octanol–water partition coefficient (Wildman–Crippen LogP) is 0.0755. The highest BCUT2D eigenvalue weighted by Crippen LogP contribution is 2.33. The van der Waals surface area contributed by atoms with Gasteiger partial charge >= 0.3 is 11.0 Å². The van der Waals surface area contributed by atoms with Crippen LogP contribution < -0.4 is 4.90 Å². The second kappa shape index (κ2) is 4.26. The molecule has 17 heavy (non-hydrogen) atoms. The molecule has 1 saturated heterocycles. The first-order valence-corrected chi connectivity index (χ1v) is 5.58. The van der Waals surface area contributed by atoms with Crippen molar-refractivity contribution in [2.24, 2.45) is 0 Å². The van der Waals surface area contributed by atoms with Crippen LogP contribution in [0.1, 0.15) is 6.42 Å². The molecule has 0 bridgehead atoms. The first kappa shape index (κ1) is 11.7. The molecule has 0 amide bonds. The molecule has 0 spiro atoms. The highest BCUT2D eigenvalue weighted by Gasteiger charge is 2.38. The summed E-state index contributed by atoms with van der Waals surface area (Å²) < 4.78 is 0. The Hall–Kier alpha value is -1.74. The molecule has 92 valence electrons. The monoisotopic (exact) mass is 259 g/mol. The lowest BCUT2D eigenvalue weighted by Gasteiger charge is -2.19. The van der Waals surface area contributed by atoms with E-state index in [0.717, 1.165) is 17.5 Å². The Morgan fingerprint density at radius 3 is 2.94 bits per heavy atom. The molecule has 2 unspecified atom stereocenters. The topological polar surface area (TPSA) is 117 Å². The third kappa shape index (κ3) is 2.19. The zero-order chi connectivity index (χ0) is 12.6. The van der Waals surface area contributed by atoms with Crippen LogP contribution in [0.15, 0.2) is 6.20 Å². The average Bonchev–Trinajstić information content (AvgIpc) is 2.82. The molecule has 9 heteroatoms. The van der Waals surface area contributed by atoms with Crippen molar-refractivity contribution in [1.82, 2.24) is 4.98 Å². The van der Waals surface area contributed by atoms with E-state index in [0.29, 0.717) is 0 Å². The Morgan fingerprint density at radius 1 is 1.71 bits per heavy atom. The fourth-order valence-corrected chi connectivity index (χ4v) is 2.52. The van der Waals surface area contributed by atoms with Gasteiger partial charge in [-0.1, -0.05) is 0 Å². The molecule has 2 atom stereocenters. The van der Waals surface area contributed by atoms with E-state index in [1.807, 2.05) is 0 Å². The summed E-state index contributed by atoms with van der Waals surface area (Å²) in [5.74, 6) is -1.07. The summed E-state index contributed by atoms with van der Waals surface area (Å²) in [5, 5.41) is 29.0. The van der Waals surface area contributed by atoms with Gasteiger partial charge in [-0.05, 0) is 11.3 Å². The van der Waals surface area contributed by atoms with Crippen LogP contribution in [-0.2, 0) is 4.79 Å². The van der Waals surface area contributed by atoms with E-state index in [1.165, 1.54) is 4.90 Å². The number of β-amino-alcohol motifs (C(OH)–C–C–N with tert-alkyl or cyclic N) is 1. The third-order valence-corrected chi connectivity index (χ3v) is 3.46. The molecule has 0 aromatic carbocycles. The van der Waals surface area contributed by atoms with Crippen molar-refractivity contribution in [2.75, 3.05) is 11.4 Å². The van der Waals surface area contributed by atoms with Crippen molar-refractivity contribution in [3.05, 3.63) is 16.3 Å². The Labute approximate surface area is 99.3 Å². The number of nitrogens with zero attached hydrogens (tertiary/aromatic N) is 3. The van der Waals surface area contributed by atoms with Crippen molar-refractivity contribution in [2.45, 2.75) is 18.6 Å². The quantitative estimate of drug-likeness (QED) is 0.582. The minimum Gasteiger partial charge on any atom is -0.480 e. The van der Waals surface area contributed by atoms with E-state index < -0.39 is 23.0 Å². The average molecular weight is 259 g/mol. The number of carboxylic acids is 1. The van der Waals surface area contributed by atoms with Gasteiger partial charge in [0.25, 0.3) is 0 Å². The Morgan fingerprint density at radius 2 is 2.41 bits per heavy atom. The normalized spacial score (nSPS) is 23.9. The summed E-state index contributed by atoms with van der Waals surface area (Å²) in [7, 11) is 0. The van der Waals surface area contributed by atoms with E-state index >= 15 is 0 Å². The molecule has 0 aliphatic carbocycles. The first-order chi connectivity index (χ1) is 7.99. The number of aliphatic hydroxyl groups excluding tert-OH is 1. The number of hydrogen-bond donors (Lipinski definition) is 2. The predicted molar refractivity (Wildman–Crippen MR) is 58.2 cm³/mol. The highest BCUT2D eigenvalue weighted by atomic mass is 32.1. The van der Waals surface area contributed by atoms with Crippen LogP contribution in [0.5, 0.6) is 0 Å². The molecule has 1 fully saturated rings. The van der Waals surface area contributed by atoms with E-state index in [9.17, 15) is 20.0 Å². The van der Waals surface area contributed by atoms with Gasteiger partial charge in [-0.3, -0.25) is 10.1 Å². The maximum absolute atomic E-state index is 11.0. The molecule has 2 rings (SSSR count). The van der Waals surface area contributed by atoms with Gasteiger partial charge in [0.2, 0.25) is 0 Å². The number of aromatic nitrogens is 1. The Bertz CT molecular complexity index is 462. The molecule has 8 nitrogen and oxygen atoms in total. The maximum atomic E-state index is 11.0. The lowest BCUT2D eigenvalue weighted by molar-refractivity contribution is -0.380. The fraction of sp³-hybridized carbons (Fsp3) is 0.500. The second-order valence-corrected chi connectivity index (χ2v) is 4.62. The molecule has 1 aromatic rings. The van der Waals surface area contributed by atoms with Gasteiger partial charge in [-0.25, -0.2) is 9.78 Å². The smallest absolute Gasteiger partial charge is 0.345 e. The maximum Gasteiger partial charge on any atom is 0.345 e. The van der Waals surface area contributed by atoms with Gasteiger partial charge in [0, 0.05) is 13.0 Å². The van der Waals surface area contributed by atoms with E-state index in [1.54, 1.807) is 0 Å². The number of aliphatic carboxylic acids is 1. The van der Waals surface area contributed by atoms with Crippen molar-refractivity contribution >= 4 is 27.4 Å². The molecular formula is C8H9N3O5S. The summed E-state index contributed by atoms with van der Waals surface area (Å²) in [6.45, 7) is 0.127. The van der Waals surface area contributed by atoms with Crippen LogP contribution in [0.2, 0.25) is 0 Å². The molecule has 2 N–H and O–H groups in total. The van der Waals surface area contributed by atoms with Gasteiger partial charge in [0.05, 0.1) is 11.0 Å². The van der Waals surface area contributed by atoms with Crippen LogP contribution in [0, 0.1) is 10.1 Å². The van der Waals surface area contributed by atoms with Gasteiger partial charge in [0.1, 0.15) is 12.2 Å². The number of carboxylic acid groups (broad SMARTS) is 1. The lowest BCUT2D eigenvalue weighted by Crippen LogP contribution is -2.35. The van der Waals surface area contributed by atoms with Crippen molar-refractivity contribution in [1.29, 1.82) is 0 Å². The van der Waals surface area contributed by atoms with Gasteiger partial charge in [-0.15, -0.1) is 0 Å². The molecule has 0 radical (unpaired) electrons. The van der Waals surface area contributed by atoms with Crippen molar-refractivity contribution in [3.63, 3.8) is 0 Å². The largest absolute Gasteiger partial charge is 0.480 e. The van der Waals surface area contributed by atoms with Crippen molar-refractivity contribution in [3.8, 4) is 0 Å². The van der Waals surface area contributed by atoms with Gasteiger partial charge in [-0.2, -0.15) is 0 Å². The number of carbonyl (C=O) groups is 1. The zero-order valence-electron chi connectivity index (χ0n) is 8.52. The Kier molecular flexibility index (Phi) is 2.94. The standard InChI is InChI=1S/C8H9N3O5S/c12-4-1-5(7(13)14)10(3-4)8-9-2-6(17-8)11(15)16/h2,4-5,12H,1,3H2,(H,13,14). The van der Waals surface area contributed by atoms with Gasteiger partial charge in [0.15, 0.2) is 5.13 Å². The lowest BCUT2D eigenvalue weighted by atomic mass is 10.2. The minimum atomic E-state index is -1.07. The number of aliphatic hydroxyl groups is 1. The number of hydrogen-bond acceptors (Lipinski definition) is 7. The first-order valence-electron chi connectivity index (χ1n) is 4.76. The molecule has 0 saturated carbocycles. The number of thiazole rings is 1. The minimum absolute atomic E-state index is 0.0999. The molecule has 1 aliphatic rings. The van der Waals surface area contributed by atoms with Gasteiger partial charge < -0.3 is 15.1 Å². The molecule has 2 heterocycles. The van der Waals surface area contributed by atoms with Crippen LogP contribution in [0.3, 0.4) is 0 Å². The number of nitro groups is 1.